The first kappa shape index (κ1) is 16.4. The molecule has 0 saturated heterocycles. The van der Waals surface area contributed by atoms with E-state index in [2.05, 4.69) is 48.5 Å². The summed E-state index contributed by atoms with van der Waals surface area (Å²) in [5, 5.41) is 0. The number of hydrogen-bond donors (Lipinski definition) is 0. The maximum Gasteiger partial charge on any atom is -0.0264 e. The minimum atomic E-state index is 0.473. The van der Waals surface area contributed by atoms with Gasteiger partial charge in [-0.1, -0.05) is 61.3 Å². The van der Waals surface area contributed by atoms with Crippen LogP contribution in [0, 0.1) is 34.0 Å². The number of hydrogen-bond acceptors (Lipinski definition) is 0. The molecule has 0 bridgehead atoms. The molecule has 0 N–H and O–H groups in total. The summed E-state index contributed by atoms with van der Waals surface area (Å²) in [5.41, 5.74) is 1.83. The molecule has 4 unspecified atom stereocenters. The van der Waals surface area contributed by atoms with Gasteiger partial charge in [-0.15, -0.1) is 0 Å². The van der Waals surface area contributed by atoms with Crippen LogP contribution in [0.5, 0.6) is 0 Å². The lowest BCUT2D eigenvalue weighted by molar-refractivity contribution is 0.112. The average Bonchev–Trinajstić information content (AvgIpc) is 3.18. The summed E-state index contributed by atoms with van der Waals surface area (Å²) in [7, 11) is 0. The first-order chi connectivity index (χ1) is 9.13. The third-order valence-electron chi connectivity index (χ3n) is 7.02. The molecule has 20 heavy (non-hydrogen) atoms. The summed E-state index contributed by atoms with van der Waals surface area (Å²) in [4.78, 5) is 0. The molecule has 0 heteroatoms. The van der Waals surface area contributed by atoms with Crippen LogP contribution in [0.4, 0.5) is 0 Å². The summed E-state index contributed by atoms with van der Waals surface area (Å²) in [5.74, 6) is 2.86. The molecule has 0 amide bonds. The molecular weight excluding hydrogens is 240 g/mol. The van der Waals surface area contributed by atoms with E-state index in [1.807, 2.05) is 0 Å². The summed E-state index contributed by atoms with van der Waals surface area (Å²) >= 11 is 0. The van der Waals surface area contributed by atoms with Crippen LogP contribution in [0.3, 0.4) is 0 Å². The Kier molecular flexibility index (Phi) is 4.36. The first-order valence-electron chi connectivity index (χ1n) is 9.13. The van der Waals surface area contributed by atoms with Gasteiger partial charge in [-0.2, -0.15) is 0 Å². The number of rotatable bonds is 7. The third-order valence-corrected chi connectivity index (χ3v) is 7.02. The SMILES string of the molecule is CCCC(CCC(C(C)(C)C)C1(C)CC1C)C1(C)CC1. The van der Waals surface area contributed by atoms with Crippen LogP contribution in [0.1, 0.15) is 93.4 Å². The normalized spacial score (nSPS) is 34.6. The molecule has 0 aliphatic heterocycles. The lowest BCUT2D eigenvalue weighted by atomic mass is 9.67. The second kappa shape index (κ2) is 5.33. The van der Waals surface area contributed by atoms with Gasteiger partial charge in [0.1, 0.15) is 0 Å². The van der Waals surface area contributed by atoms with Gasteiger partial charge in [-0.3, -0.25) is 0 Å². The van der Waals surface area contributed by atoms with E-state index >= 15 is 0 Å². The molecule has 0 spiro atoms. The van der Waals surface area contributed by atoms with Gasteiger partial charge in [0, 0.05) is 0 Å². The Bertz CT molecular complexity index is 330. The van der Waals surface area contributed by atoms with E-state index in [0.29, 0.717) is 16.2 Å². The van der Waals surface area contributed by atoms with Gasteiger partial charge in [-0.05, 0) is 66.1 Å². The fraction of sp³-hybridized carbons (Fsp3) is 1.00. The zero-order valence-corrected chi connectivity index (χ0v) is 15.2. The highest BCUT2D eigenvalue weighted by molar-refractivity contribution is 5.04. The van der Waals surface area contributed by atoms with Crippen LogP contribution in [0.15, 0.2) is 0 Å². The summed E-state index contributed by atoms with van der Waals surface area (Å²) in [6.07, 6.45) is 10.2. The standard InChI is InChI=1S/C20H38/c1-8-9-16(19(6)12-13-19)10-11-17(18(3,4)5)20(7)14-15(20)2/h15-17H,8-14H2,1-7H3. The highest BCUT2D eigenvalue weighted by Crippen LogP contribution is 2.63. The molecule has 0 aromatic carbocycles. The van der Waals surface area contributed by atoms with E-state index < -0.39 is 0 Å². The molecule has 2 fully saturated rings. The first-order valence-corrected chi connectivity index (χ1v) is 9.13. The van der Waals surface area contributed by atoms with Crippen molar-refractivity contribution in [3.05, 3.63) is 0 Å². The predicted molar refractivity (Wildman–Crippen MR) is 89.8 cm³/mol. The van der Waals surface area contributed by atoms with Crippen LogP contribution in [0.25, 0.3) is 0 Å². The van der Waals surface area contributed by atoms with Gasteiger partial charge in [0.25, 0.3) is 0 Å². The van der Waals surface area contributed by atoms with Crippen molar-refractivity contribution in [3.63, 3.8) is 0 Å². The predicted octanol–water partition coefficient (Wildman–Crippen LogP) is 6.69. The van der Waals surface area contributed by atoms with Crippen molar-refractivity contribution in [2.75, 3.05) is 0 Å². The monoisotopic (exact) mass is 278 g/mol. The van der Waals surface area contributed by atoms with Crippen molar-refractivity contribution in [1.29, 1.82) is 0 Å². The molecule has 4 atom stereocenters. The summed E-state index contributed by atoms with van der Waals surface area (Å²) < 4.78 is 0. The second-order valence-corrected chi connectivity index (χ2v) is 9.75. The maximum atomic E-state index is 2.56. The molecule has 118 valence electrons. The van der Waals surface area contributed by atoms with Gasteiger partial charge >= 0.3 is 0 Å². The van der Waals surface area contributed by atoms with Crippen LogP contribution in [-0.4, -0.2) is 0 Å². The van der Waals surface area contributed by atoms with Crippen LogP contribution >= 0.6 is 0 Å². The van der Waals surface area contributed by atoms with E-state index in [0.717, 1.165) is 17.8 Å². The lowest BCUT2D eigenvalue weighted by Crippen LogP contribution is -2.30. The largest absolute Gasteiger partial charge is 0.0654 e. The third kappa shape index (κ3) is 3.25. The highest BCUT2D eigenvalue weighted by Gasteiger charge is 2.55. The second-order valence-electron chi connectivity index (χ2n) is 9.75. The van der Waals surface area contributed by atoms with E-state index in [1.54, 1.807) is 0 Å². The zero-order valence-electron chi connectivity index (χ0n) is 15.2. The van der Waals surface area contributed by atoms with Crippen molar-refractivity contribution in [1.82, 2.24) is 0 Å². The average molecular weight is 279 g/mol. The van der Waals surface area contributed by atoms with Crippen molar-refractivity contribution in [2.24, 2.45) is 34.0 Å². The van der Waals surface area contributed by atoms with Gasteiger partial charge in [-0.25, -0.2) is 0 Å². The van der Waals surface area contributed by atoms with Crippen molar-refractivity contribution in [2.45, 2.75) is 93.4 Å². The Morgan fingerprint density at radius 1 is 1.05 bits per heavy atom. The zero-order chi connectivity index (χ0) is 15.2. The molecular formula is C20H38. The van der Waals surface area contributed by atoms with Crippen LogP contribution in [-0.2, 0) is 0 Å². The van der Waals surface area contributed by atoms with Crippen LogP contribution < -0.4 is 0 Å². The fourth-order valence-electron chi connectivity index (χ4n) is 5.00. The molecule has 2 aliphatic carbocycles. The Morgan fingerprint density at radius 2 is 1.60 bits per heavy atom. The minimum Gasteiger partial charge on any atom is -0.0654 e. The molecule has 0 aromatic heterocycles. The molecule has 0 aromatic rings. The summed E-state index contributed by atoms with van der Waals surface area (Å²) in [6.45, 7) is 17.3. The minimum absolute atomic E-state index is 0.473. The van der Waals surface area contributed by atoms with Crippen molar-refractivity contribution in [3.8, 4) is 0 Å². The Morgan fingerprint density at radius 3 is 1.95 bits per heavy atom. The topological polar surface area (TPSA) is 0 Å². The van der Waals surface area contributed by atoms with Crippen LogP contribution in [0.2, 0.25) is 0 Å². The van der Waals surface area contributed by atoms with E-state index in [4.69, 9.17) is 0 Å². The van der Waals surface area contributed by atoms with Gasteiger partial charge in [0.2, 0.25) is 0 Å². The Hall–Kier alpha value is 0. The summed E-state index contributed by atoms with van der Waals surface area (Å²) in [6, 6.07) is 0. The molecule has 0 nitrogen and oxygen atoms in total. The molecule has 2 rings (SSSR count). The van der Waals surface area contributed by atoms with Crippen molar-refractivity contribution >= 4 is 0 Å². The van der Waals surface area contributed by atoms with E-state index in [9.17, 15) is 0 Å². The van der Waals surface area contributed by atoms with Gasteiger partial charge in [0.15, 0.2) is 0 Å². The van der Waals surface area contributed by atoms with Gasteiger partial charge < -0.3 is 0 Å². The molecule has 2 saturated carbocycles. The van der Waals surface area contributed by atoms with Crippen molar-refractivity contribution < 1.29 is 0 Å². The molecule has 0 radical (unpaired) electrons. The molecule has 0 heterocycles. The Balaban J connectivity index is 1.98. The maximum absolute atomic E-state index is 2.56. The smallest absolute Gasteiger partial charge is 0.0264 e. The quantitative estimate of drug-likeness (QED) is 0.486. The lowest BCUT2D eigenvalue weighted by Gasteiger charge is -2.38. The van der Waals surface area contributed by atoms with E-state index in [-0.39, 0.29) is 0 Å². The van der Waals surface area contributed by atoms with E-state index in [1.165, 1.54) is 44.9 Å². The fourth-order valence-corrected chi connectivity index (χ4v) is 5.00. The highest BCUT2D eigenvalue weighted by atomic mass is 14.6. The van der Waals surface area contributed by atoms with Gasteiger partial charge in [0.05, 0.1) is 0 Å². The molecule has 2 aliphatic rings. The Labute approximate surface area is 128 Å².